The fourth-order valence-corrected chi connectivity index (χ4v) is 3.02. The largest absolute Gasteiger partial charge is 0.497 e. The highest BCUT2D eigenvalue weighted by Gasteiger charge is 2.28. The van der Waals surface area contributed by atoms with Crippen molar-refractivity contribution in [2.75, 3.05) is 13.7 Å². The molecule has 0 heterocycles. The van der Waals surface area contributed by atoms with E-state index in [1.165, 1.54) is 12.1 Å². The third-order valence-corrected chi connectivity index (χ3v) is 4.52. The van der Waals surface area contributed by atoms with Crippen molar-refractivity contribution >= 4 is 11.8 Å². The molecule has 1 N–H and O–H groups in total. The standard InChI is InChI=1S/C22H27FN2O3/c1-4-20(22(27)24-5-2)25(15-17-6-10-18(23)11-7-17)21(26)14-16-8-12-19(28-3)13-9-16/h6-13,20H,4-5,14-15H2,1-3H3,(H,24,27)/t20-/m1/s1. The summed E-state index contributed by atoms with van der Waals surface area (Å²) in [7, 11) is 1.59. The van der Waals surface area contributed by atoms with Crippen molar-refractivity contribution in [3.63, 3.8) is 0 Å². The predicted molar refractivity (Wildman–Crippen MR) is 106 cm³/mol. The minimum absolute atomic E-state index is 0.160. The Morgan fingerprint density at radius 1 is 1.04 bits per heavy atom. The number of likely N-dealkylation sites (N-methyl/N-ethyl adjacent to an activating group) is 1. The molecule has 0 bridgehead atoms. The first-order valence-electron chi connectivity index (χ1n) is 9.43. The lowest BCUT2D eigenvalue weighted by atomic mass is 10.1. The molecule has 5 nitrogen and oxygen atoms in total. The van der Waals surface area contributed by atoms with Gasteiger partial charge in [-0.3, -0.25) is 9.59 Å². The van der Waals surface area contributed by atoms with Crippen LogP contribution in [-0.2, 0) is 22.6 Å². The van der Waals surface area contributed by atoms with E-state index < -0.39 is 6.04 Å². The second kappa shape index (κ2) is 10.4. The van der Waals surface area contributed by atoms with E-state index in [2.05, 4.69) is 5.32 Å². The van der Waals surface area contributed by atoms with Crippen LogP contribution in [0, 0.1) is 5.82 Å². The average Bonchev–Trinajstić information content (AvgIpc) is 2.70. The van der Waals surface area contributed by atoms with Gasteiger partial charge in [-0.25, -0.2) is 4.39 Å². The van der Waals surface area contributed by atoms with Crippen LogP contribution in [0.5, 0.6) is 5.75 Å². The SMILES string of the molecule is CCNC(=O)[C@@H](CC)N(Cc1ccc(F)cc1)C(=O)Cc1ccc(OC)cc1. The van der Waals surface area contributed by atoms with Crippen LogP contribution < -0.4 is 10.1 Å². The first-order valence-corrected chi connectivity index (χ1v) is 9.43. The molecule has 0 aliphatic carbocycles. The van der Waals surface area contributed by atoms with Crippen LogP contribution in [0.4, 0.5) is 4.39 Å². The number of hydrogen-bond donors (Lipinski definition) is 1. The van der Waals surface area contributed by atoms with Crippen molar-refractivity contribution in [1.82, 2.24) is 10.2 Å². The molecule has 0 radical (unpaired) electrons. The fourth-order valence-electron chi connectivity index (χ4n) is 3.02. The van der Waals surface area contributed by atoms with Gasteiger partial charge in [0, 0.05) is 13.1 Å². The molecule has 2 amide bonds. The maximum absolute atomic E-state index is 13.2. The number of carbonyl (C=O) groups is 2. The lowest BCUT2D eigenvalue weighted by Gasteiger charge is -2.30. The first kappa shape index (κ1) is 21.4. The Balaban J connectivity index is 2.24. The Bertz CT molecular complexity index is 775. The number of ether oxygens (including phenoxy) is 1. The molecule has 6 heteroatoms. The molecule has 2 aromatic carbocycles. The van der Waals surface area contributed by atoms with Crippen LogP contribution in [0.3, 0.4) is 0 Å². The zero-order valence-corrected chi connectivity index (χ0v) is 16.6. The minimum Gasteiger partial charge on any atom is -0.497 e. The summed E-state index contributed by atoms with van der Waals surface area (Å²) in [6.07, 6.45) is 0.655. The molecule has 0 aliphatic heterocycles. The van der Waals surface area contributed by atoms with Gasteiger partial charge in [0.25, 0.3) is 0 Å². The maximum Gasteiger partial charge on any atom is 0.242 e. The minimum atomic E-state index is -0.587. The normalized spacial score (nSPS) is 11.6. The summed E-state index contributed by atoms with van der Waals surface area (Å²) in [4.78, 5) is 27.2. The summed E-state index contributed by atoms with van der Waals surface area (Å²) < 4.78 is 18.4. The van der Waals surface area contributed by atoms with E-state index in [1.54, 1.807) is 36.3 Å². The highest BCUT2D eigenvalue weighted by atomic mass is 19.1. The zero-order chi connectivity index (χ0) is 20.5. The Labute approximate surface area is 165 Å². The molecule has 0 aromatic heterocycles. The number of halogens is 1. The summed E-state index contributed by atoms with van der Waals surface area (Å²) in [6, 6.07) is 12.7. The van der Waals surface area contributed by atoms with E-state index in [4.69, 9.17) is 4.74 Å². The van der Waals surface area contributed by atoms with E-state index >= 15 is 0 Å². The van der Waals surface area contributed by atoms with Gasteiger partial charge in [-0.2, -0.15) is 0 Å². The number of rotatable bonds is 9. The number of nitrogens with zero attached hydrogens (tertiary/aromatic N) is 1. The van der Waals surface area contributed by atoms with E-state index in [0.717, 1.165) is 11.1 Å². The molecule has 150 valence electrons. The number of nitrogens with one attached hydrogen (secondary N) is 1. The average molecular weight is 386 g/mol. The van der Waals surface area contributed by atoms with Gasteiger partial charge in [-0.05, 0) is 48.7 Å². The van der Waals surface area contributed by atoms with Gasteiger partial charge >= 0.3 is 0 Å². The summed E-state index contributed by atoms with van der Waals surface area (Å²) in [5.74, 6) is 0.0338. The van der Waals surface area contributed by atoms with Crippen LogP contribution in [0.25, 0.3) is 0 Å². The Hall–Kier alpha value is -2.89. The van der Waals surface area contributed by atoms with E-state index in [1.807, 2.05) is 26.0 Å². The van der Waals surface area contributed by atoms with Crippen molar-refractivity contribution < 1.29 is 18.7 Å². The predicted octanol–water partition coefficient (Wildman–Crippen LogP) is 3.32. The molecule has 0 unspecified atom stereocenters. The van der Waals surface area contributed by atoms with Gasteiger partial charge in [0.1, 0.15) is 17.6 Å². The van der Waals surface area contributed by atoms with Gasteiger partial charge < -0.3 is 15.0 Å². The molecule has 0 saturated carbocycles. The van der Waals surface area contributed by atoms with Crippen LogP contribution in [0.2, 0.25) is 0 Å². The summed E-state index contributed by atoms with van der Waals surface area (Å²) in [5, 5.41) is 2.80. The second-order valence-electron chi connectivity index (χ2n) is 6.49. The van der Waals surface area contributed by atoms with Crippen LogP contribution in [0.15, 0.2) is 48.5 Å². The lowest BCUT2D eigenvalue weighted by molar-refractivity contribution is -0.140. The highest BCUT2D eigenvalue weighted by Crippen LogP contribution is 2.17. The molecule has 2 rings (SSSR count). The molecule has 0 aliphatic rings. The number of amides is 2. The lowest BCUT2D eigenvalue weighted by Crippen LogP contribution is -2.49. The molecule has 2 aromatic rings. The summed E-state index contributed by atoms with van der Waals surface area (Å²) in [6.45, 7) is 4.45. The van der Waals surface area contributed by atoms with Crippen LogP contribution >= 0.6 is 0 Å². The molecule has 0 spiro atoms. The first-order chi connectivity index (χ1) is 13.5. The fraction of sp³-hybridized carbons (Fsp3) is 0.364. The van der Waals surface area contributed by atoms with Gasteiger partial charge in [0.15, 0.2) is 0 Å². The van der Waals surface area contributed by atoms with Crippen molar-refractivity contribution in [2.24, 2.45) is 0 Å². The van der Waals surface area contributed by atoms with Gasteiger partial charge in [0.05, 0.1) is 13.5 Å². The number of carbonyl (C=O) groups excluding carboxylic acids is 2. The Kier molecular flexibility index (Phi) is 7.99. The highest BCUT2D eigenvalue weighted by molar-refractivity contribution is 5.88. The number of hydrogen-bond acceptors (Lipinski definition) is 3. The monoisotopic (exact) mass is 386 g/mol. The molecule has 1 atom stereocenters. The van der Waals surface area contributed by atoms with Crippen LogP contribution in [-0.4, -0.2) is 36.4 Å². The summed E-state index contributed by atoms with van der Waals surface area (Å²) in [5.41, 5.74) is 1.60. The summed E-state index contributed by atoms with van der Waals surface area (Å²) >= 11 is 0. The number of benzene rings is 2. The molecular weight excluding hydrogens is 359 g/mol. The smallest absolute Gasteiger partial charge is 0.242 e. The molecule has 0 fully saturated rings. The maximum atomic E-state index is 13.2. The Morgan fingerprint density at radius 2 is 1.64 bits per heavy atom. The number of methoxy groups -OCH3 is 1. The molecule has 28 heavy (non-hydrogen) atoms. The van der Waals surface area contributed by atoms with Crippen LogP contribution in [0.1, 0.15) is 31.4 Å². The van der Waals surface area contributed by atoms with E-state index in [0.29, 0.717) is 18.7 Å². The van der Waals surface area contributed by atoms with E-state index in [-0.39, 0.29) is 30.6 Å². The van der Waals surface area contributed by atoms with Gasteiger partial charge in [-0.1, -0.05) is 31.2 Å². The van der Waals surface area contributed by atoms with Gasteiger partial charge in [0.2, 0.25) is 11.8 Å². The third-order valence-electron chi connectivity index (χ3n) is 4.52. The van der Waals surface area contributed by atoms with Crippen molar-refractivity contribution in [3.8, 4) is 5.75 Å². The van der Waals surface area contributed by atoms with Crippen molar-refractivity contribution in [2.45, 2.75) is 39.3 Å². The third kappa shape index (κ3) is 5.81. The second-order valence-corrected chi connectivity index (χ2v) is 6.49. The quantitative estimate of drug-likeness (QED) is 0.719. The molecular formula is C22H27FN2O3. The van der Waals surface area contributed by atoms with Gasteiger partial charge in [-0.15, -0.1) is 0 Å². The van der Waals surface area contributed by atoms with E-state index in [9.17, 15) is 14.0 Å². The Morgan fingerprint density at radius 3 is 2.18 bits per heavy atom. The van der Waals surface area contributed by atoms with Crippen molar-refractivity contribution in [1.29, 1.82) is 0 Å². The zero-order valence-electron chi connectivity index (χ0n) is 16.6. The topological polar surface area (TPSA) is 58.6 Å². The molecule has 0 saturated heterocycles. The van der Waals surface area contributed by atoms with Crippen molar-refractivity contribution in [3.05, 3.63) is 65.5 Å².